The summed E-state index contributed by atoms with van der Waals surface area (Å²) in [6, 6.07) is 6.07. The standard InChI is InChI=1S/C19H24FN3O2/c1-12-18(19(25)22-10-8-15(9-11-22)14(3)24)13(2)23(21-12)17-6-4-16(20)5-7-17/h4-7,14-15,24H,8-11H2,1-3H3. The molecule has 1 aromatic heterocycles. The molecule has 1 N–H and O–H groups in total. The number of likely N-dealkylation sites (tertiary alicyclic amines) is 1. The van der Waals surface area contributed by atoms with Gasteiger partial charge in [0.05, 0.1) is 28.7 Å². The number of hydrogen-bond acceptors (Lipinski definition) is 3. The predicted octanol–water partition coefficient (Wildman–Crippen LogP) is 2.86. The van der Waals surface area contributed by atoms with E-state index in [0.717, 1.165) is 24.2 Å². The summed E-state index contributed by atoms with van der Waals surface area (Å²) in [5.41, 5.74) is 2.77. The van der Waals surface area contributed by atoms with Crippen LogP contribution in [0.2, 0.25) is 0 Å². The quantitative estimate of drug-likeness (QED) is 0.931. The van der Waals surface area contributed by atoms with E-state index in [-0.39, 0.29) is 23.7 Å². The first-order chi connectivity index (χ1) is 11.9. The number of nitrogens with zero attached hydrogens (tertiary/aromatic N) is 3. The van der Waals surface area contributed by atoms with Gasteiger partial charge in [0.2, 0.25) is 0 Å². The van der Waals surface area contributed by atoms with Crippen LogP contribution in [0, 0.1) is 25.6 Å². The van der Waals surface area contributed by atoms with Gasteiger partial charge in [-0.1, -0.05) is 0 Å². The normalized spacial score (nSPS) is 16.9. The van der Waals surface area contributed by atoms with Crippen LogP contribution in [0.1, 0.15) is 41.5 Å². The van der Waals surface area contributed by atoms with E-state index in [2.05, 4.69) is 5.10 Å². The number of aryl methyl sites for hydroxylation is 1. The fourth-order valence-corrected chi connectivity index (χ4v) is 3.53. The fraction of sp³-hybridized carbons (Fsp3) is 0.474. The Morgan fingerprint density at radius 1 is 1.24 bits per heavy atom. The SMILES string of the molecule is Cc1nn(-c2ccc(F)cc2)c(C)c1C(=O)N1CCC(C(C)O)CC1. The third kappa shape index (κ3) is 3.44. The molecule has 0 radical (unpaired) electrons. The largest absolute Gasteiger partial charge is 0.393 e. The van der Waals surface area contributed by atoms with Crippen LogP contribution in [-0.4, -0.2) is 44.9 Å². The smallest absolute Gasteiger partial charge is 0.257 e. The Kier molecular flexibility index (Phi) is 4.90. The highest BCUT2D eigenvalue weighted by Gasteiger charge is 2.29. The molecule has 5 nitrogen and oxygen atoms in total. The first-order valence-corrected chi connectivity index (χ1v) is 8.68. The molecular weight excluding hydrogens is 321 g/mol. The lowest BCUT2D eigenvalue weighted by atomic mass is 9.92. The summed E-state index contributed by atoms with van der Waals surface area (Å²) in [5.74, 6) is -0.0665. The molecule has 0 spiro atoms. The van der Waals surface area contributed by atoms with Crippen molar-refractivity contribution in [2.45, 2.75) is 39.7 Å². The molecular formula is C19H24FN3O2. The molecule has 1 aliphatic rings. The van der Waals surface area contributed by atoms with E-state index in [4.69, 9.17) is 0 Å². The van der Waals surface area contributed by atoms with Gasteiger partial charge in [0.25, 0.3) is 5.91 Å². The number of piperidine rings is 1. The number of amides is 1. The summed E-state index contributed by atoms with van der Waals surface area (Å²) >= 11 is 0. The van der Waals surface area contributed by atoms with Gasteiger partial charge in [0.15, 0.2) is 0 Å². The van der Waals surface area contributed by atoms with Gasteiger partial charge in [-0.2, -0.15) is 5.10 Å². The van der Waals surface area contributed by atoms with E-state index in [1.165, 1.54) is 12.1 Å². The van der Waals surface area contributed by atoms with Crippen LogP contribution in [0.5, 0.6) is 0 Å². The average Bonchev–Trinajstić information content (AvgIpc) is 2.89. The Hall–Kier alpha value is -2.21. The highest BCUT2D eigenvalue weighted by Crippen LogP contribution is 2.25. The summed E-state index contributed by atoms with van der Waals surface area (Å²) in [5, 5.41) is 14.2. The third-order valence-electron chi connectivity index (χ3n) is 5.09. The van der Waals surface area contributed by atoms with Crippen molar-refractivity contribution in [3.05, 3.63) is 47.0 Å². The summed E-state index contributed by atoms with van der Waals surface area (Å²) in [6.07, 6.45) is 1.29. The van der Waals surface area contributed by atoms with Gasteiger partial charge < -0.3 is 10.0 Å². The molecule has 134 valence electrons. The van der Waals surface area contributed by atoms with E-state index in [1.807, 2.05) is 25.7 Å². The number of carbonyl (C=O) groups is 1. The van der Waals surface area contributed by atoms with Crippen LogP contribution < -0.4 is 0 Å². The Balaban J connectivity index is 1.83. The molecule has 0 saturated carbocycles. The Labute approximate surface area is 147 Å². The topological polar surface area (TPSA) is 58.4 Å². The molecule has 3 rings (SSSR count). The predicted molar refractivity (Wildman–Crippen MR) is 93.3 cm³/mol. The minimum Gasteiger partial charge on any atom is -0.393 e. The van der Waals surface area contributed by atoms with Crippen molar-refractivity contribution in [2.24, 2.45) is 5.92 Å². The second kappa shape index (κ2) is 6.96. The van der Waals surface area contributed by atoms with Crippen molar-refractivity contribution in [1.29, 1.82) is 0 Å². The maximum Gasteiger partial charge on any atom is 0.257 e. The van der Waals surface area contributed by atoms with Crippen molar-refractivity contribution in [1.82, 2.24) is 14.7 Å². The number of benzene rings is 1. The van der Waals surface area contributed by atoms with Crippen molar-refractivity contribution < 1.29 is 14.3 Å². The lowest BCUT2D eigenvalue weighted by Gasteiger charge is -2.33. The Morgan fingerprint density at radius 3 is 2.40 bits per heavy atom. The van der Waals surface area contributed by atoms with Gasteiger partial charge in [-0.15, -0.1) is 0 Å². The highest BCUT2D eigenvalue weighted by molar-refractivity contribution is 5.96. The lowest BCUT2D eigenvalue weighted by molar-refractivity contribution is 0.0520. The van der Waals surface area contributed by atoms with E-state index in [0.29, 0.717) is 24.3 Å². The minimum absolute atomic E-state index is 0.0209. The second-order valence-electron chi connectivity index (χ2n) is 6.80. The van der Waals surface area contributed by atoms with Crippen molar-refractivity contribution in [3.8, 4) is 5.69 Å². The number of aromatic nitrogens is 2. The van der Waals surface area contributed by atoms with Crippen LogP contribution >= 0.6 is 0 Å². The average molecular weight is 345 g/mol. The van der Waals surface area contributed by atoms with Crippen LogP contribution in [0.4, 0.5) is 4.39 Å². The Bertz CT molecular complexity index is 760. The van der Waals surface area contributed by atoms with Crippen molar-refractivity contribution >= 4 is 5.91 Å². The molecule has 2 heterocycles. The molecule has 1 unspecified atom stereocenters. The van der Waals surface area contributed by atoms with Crippen LogP contribution in [0.25, 0.3) is 5.69 Å². The monoisotopic (exact) mass is 345 g/mol. The third-order valence-corrected chi connectivity index (χ3v) is 5.09. The van der Waals surface area contributed by atoms with Crippen LogP contribution in [0.3, 0.4) is 0 Å². The summed E-state index contributed by atoms with van der Waals surface area (Å²) < 4.78 is 14.8. The van der Waals surface area contributed by atoms with Crippen molar-refractivity contribution in [3.63, 3.8) is 0 Å². The summed E-state index contributed by atoms with van der Waals surface area (Å²) in [4.78, 5) is 14.8. The molecule has 1 fully saturated rings. The van der Waals surface area contributed by atoms with Crippen LogP contribution in [0.15, 0.2) is 24.3 Å². The summed E-state index contributed by atoms with van der Waals surface area (Å²) in [6.45, 7) is 6.79. The lowest BCUT2D eigenvalue weighted by Crippen LogP contribution is -2.41. The van der Waals surface area contributed by atoms with Gasteiger partial charge in [-0.3, -0.25) is 4.79 Å². The number of rotatable bonds is 3. The molecule has 1 atom stereocenters. The highest BCUT2D eigenvalue weighted by atomic mass is 19.1. The van der Waals surface area contributed by atoms with E-state index in [9.17, 15) is 14.3 Å². The number of aliphatic hydroxyl groups excluding tert-OH is 1. The molecule has 25 heavy (non-hydrogen) atoms. The van der Waals surface area contributed by atoms with E-state index in [1.54, 1.807) is 16.8 Å². The first-order valence-electron chi connectivity index (χ1n) is 8.68. The summed E-state index contributed by atoms with van der Waals surface area (Å²) in [7, 11) is 0. The maximum absolute atomic E-state index is 13.1. The second-order valence-corrected chi connectivity index (χ2v) is 6.80. The van der Waals surface area contributed by atoms with Gasteiger partial charge in [0, 0.05) is 13.1 Å². The van der Waals surface area contributed by atoms with Gasteiger partial charge in [-0.25, -0.2) is 9.07 Å². The minimum atomic E-state index is -0.332. The van der Waals surface area contributed by atoms with Gasteiger partial charge in [-0.05, 0) is 63.8 Å². The van der Waals surface area contributed by atoms with Crippen molar-refractivity contribution in [2.75, 3.05) is 13.1 Å². The fourth-order valence-electron chi connectivity index (χ4n) is 3.53. The zero-order valence-electron chi connectivity index (χ0n) is 14.9. The maximum atomic E-state index is 13.1. The number of carbonyl (C=O) groups excluding carboxylic acids is 1. The molecule has 0 aliphatic carbocycles. The van der Waals surface area contributed by atoms with Gasteiger partial charge >= 0.3 is 0 Å². The molecule has 1 saturated heterocycles. The Morgan fingerprint density at radius 2 is 1.84 bits per heavy atom. The number of aliphatic hydroxyl groups is 1. The molecule has 1 amide bonds. The van der Waals surface area contributed by atoms with Crippen LogP contribution in [-0.2, 0) is 0 Å². The van der Waals surface area contributed by atoms with E-state index >= 15 is 0 Å². The molecule has 1 aromatic carbocycles. The molecule has 0 bridgehead atoms. The zero-order valence-corrected chi connectivity index (χ0v) is 14.9. The first kappa shape index (κ1) is 17.6. The number of halogens is 1. The molecule has 6 heteroatoms. The van der Waals surface area contributed by atoms with E-state index < -0.39 is 0 Å². The number of hydrogen-bond donors (Lipinski definition) is 1. The molecule has 2 aromatic rings. The molecule has 1 aliphatic heterocycles. The zero-order chi connectivity index (χ0) is 18.1. The van der Waals surface area contributed by atoms with Gasteiger partial charge in [0.1, 0.15) is 5.82 Å².